The molecular weight excluding hydrogens is 654 g/mol. The Morgan fingerprint density at radius 1 is 0.959 bits per heavy atom. The number of nitrogens with zero attached hydrogens (tertiary/aromatic N) is 3. The van der Waals surface area contributed by atoms with Gasteiger partial charge in [-0.25, -0.2) is 27.0 Å². The number of piperidine rings is 1. The highest BCUT2D eigenvalue weighted by atomic mass is 32.2. The number of pyridine rings is 1. The minimum absolute atomic E-state index is 0.214. The minimum atomic E-state index is -3.38. The van der Waals surface area contributed by atoms with Crippen molar-refractivity contribution >= 4 is 39.0 Å². The quantitative estimate of drug-likeness (QED) is 0.170. The average Bonchev–Trinajstić information content (AvgIpc) is 3.90. The summed E-state index contributed by atoms with van der Waals surface area (Å²) in [5.74, 6) is -1.84. The van der Waals surface area contributed by atoms with Crippen molar-refractivity contribution in [2.75, 3.05) is 34.3 Å². The maximum atomic E-state index is 14.6. The van der Waals surface area contributed by atoms with Gasteiger partial charge >= 0.3 is 6.03 Å². The number of rotatable bonds is 11. The molecule has 3 aromatic carbocycles. The number of aromatic nitrogens is 1. The molecule has 1 aliphatic carbocycles. The van der Waals surface area contributed by atoms with Crippen LogP contribution < -0.4 is 25.4 Å². The highest BCUT2D eigenvalue weighted by molar-refractivity contribution is 7.92. The molecule has 4 aromatic rings. The molecule has 0 atom stereocenters. The predicted molar refractivity (Wildman–Crippen MR) is 182 cm³/mol. The first-order valence-corrected chi connectivity index (χ1v) is 17.7. The maximum absolute atomic E-state index is 14.6. The number of ether oxygens (including phenoxy) is 1. The zero-order valence-corrected chi connectivity index (χ0v) is 27.6. The Balaban J connectivity index is 1.12. The van der Waals surface area contributed by atoms with E-state index in [0.29, 0.717) is 67.5 Å². The molecule has 1 aromatic heterocycles. The average molecular weight is 691 g/mol. The zero-order chi connectivity index (χ0) is 34.7. The Hall–Kier alpha value is -5.08. The number of nitrogens with two attached hydrogens (primary N) is 1. The van der Waals surface area contributed by atoms with E-state index in [1.165, 1.54) is 0 Å². The van der Waals surface area contributed by atoms with E-state index < -0.39 is 39.2 Å². The normalized spacial score (nSPS) is 15.4. The summed E-state index contributed by atoms with van der Waals surface area (Å²) in [5, 5.41) is 2.52. The summed E-state index contributed by atoms with van der Waals surface area (Å²) in [6, 6.07) is 20.1. The lowest BCUT2D eigenvalue weighted by molar-refractivity contribution is 0.0996. The fourth-order valence-electron chi connectivity index (χ4n) is 5.98. The van der Waals surface area contributed by atoms with Crippen LogP contribution in [0.15, 0.2) is 78.9 Å². The van der Waals surface area contributed by atoms with Gasteiger partial charge in [0.2, 0.25) is 15.9 Å². The van der Waals surface area contributed by atoms with Crippen LogP contribution in [0.5, 0.6) is 11.6 Å². The van der Waals surface area contributed by atoms with E-state index in [-0.39, 0.29) is 11.7 Å². The number of halogens is 2. The number of hydrogen-bond donors (Lipinski definition) is 3. The van der Waals surface area contributed by atoms with E-state index in [9.17, 15) is 26.8 Å². The molecule has 49 heavy (non-hydrogen) atoms. The lowest BCUT2D eigenvalue weighted by Crippen LogP contribution is -2.49. The van der Waals surface area contributed by atoms with E-state index in [1.807, 2.05) is 18.2 Å². The SMILES string of the molecule is CS(=O)(=O)Nc1ccc(Oc2ccc(CN3CCC(N(C(=O)Nc4cc(C(N)=O)c(F)cc4F)c4ccccc4)CC3)c(C3CC3)n2)cc1. The molecule has 0 radical (unpaired) electrons. The van der Waals surface area contributed by atoms with Crippen molar-refractivity contribution in [1.29, 1.82) is 0 Å². The second-order valence-corrected chi connectivity index (χ2v) is 14.0. The van der Waals surface area contributed by atoms with Gasteiger partial charge in [-0.1, -0.05) is 24.3 Å². The monoisotopic (exact) mass is 690 g/mol. The second kappa shape index (κ2) is 14.2. The molecule has 0 spiro atoms. The smallest absolute Gasteiger partial charge is 0.326 e. The third-order valence-corrected chi connectivity index (χ3v) is 9.07. The number of nitrogens with one attached hydrogen (secondary N) is 2. The van der Waals surface area contributed by atoms with E-state index in [4.69, 9.17) is 15.5 Å². The molecule has 11 nitrogen and oxygen atoms in total. The molecule has 2 aliphatic rings. The van der Waals surface area contributed by atoms with Crippen LogP contribution >= 0.6 is 0 Å². The number of amides is 3. The Morgan fingerprint density at radius 2 is 1.65 bits per heavy atom. The first-order chi connectivity index (χ1) is 23.4. The van der Waals surface area contributed by atoms with Gasteiger partial charge in [-0.3, -0.25) is 19.3 Å². The van der Waals surface area contributed by atoms with Crippen LogP contribution in [0.2, 0.25) is 0 Å². The van der Waals surface area contributed by atoms with Gasteiger partial charge in [-0.2, -0.15) is 0 Å². The lowest BCUT2D eigenvalue weighted by atomic mass is 10.0. The lowest BCUT2D eigenvalue weighted by Gasteiger charge is -2.38. The number of urea groups is 1. The van der Waals surface area contributed by atoms with Crippen LogP contribution in [0, 0.1) is 11.6 Å². The summed E-state index contributed by atoms with van der Waals surface area (Å²) in [5.41, 5.74) is 7.53. The molecule has 6 rings (SSSR count). The first kappa shape index (κ1) is 33.8. The molecule has 4 N–H and O–H groups in total. The van der Waals surface area contributed by atoms with Gasteiger partial charge in [0.05, 0.1) is 23.2 Å². The van der Waals surface area contributed by atoms with Crippen LogP contribution in [0.25, 0.3) is 0 Å². The number of hydrogen-bond acceptors (Lipinski definition) is 7. The topological polar surface area (TPSA) is 147 Å². The molecule has 1 saturated carbocycles. The highest BCUT2D eigenvalue weighted by Crippen LogP contribution is 2.42. The van der Waals surface area contributed by atoms with Crippen molar-refractivity contribution in [2.45, 2.75) is 44.2 Å². The van der Waals surface area contributed by atoms with Crippen LogP contribution in [-0.2, 0) is 16.6 Å². The standard InChI is InChI=1S/C35H36F2N6O5S/c1-49(46,47)41-24-10-12-27(13-11-24)48-32-14-9-23(33(40-32)22-7-8-22)21-42-17-15-26(16-18-42)43(25-5-3-2-4-6-25)35(45)39-31-19-28(34(38)44)29(36)20-30(31)37/h2-6,9-14,19-20,22,26,41H,7-8,15-18,21H2,1H3,(H2,38,44)(H,39,45). The van der Waals surface area contributed by atoms with Crippen LogP contribution in [-0.4, -0.2) is 55.6 Å². The number of carbonyl (C=O) groups excluding carboxylic acids is 2. The van der Waals surface area contributed by atoms with Crippen molar-refractivity contribution in [3.63, 3.8) is 0 Å². The molecule has 1 saturated heterocycles. The van der Waals surface area contributed by atoms with Gasteiger partial charge in [0.1, 0.15) is 17.4 Å². The summed E-state index contributed by atoms with van der Waals surface area (Å²) in [6.45, 7) is 2.05. The molecule has 3 amide bonds. The van der Waals surface area contributed by atoms with Gasteiger partial charge in [-0.05, 0) is 73.7 Å². The van der Waals surface area contributed by atoms with Crippen LogP contribution in [0.1, 0.15) is 53.2 Å². The van der Waals surface area contributed by atoms with Gasteiger partial charge in [0, 0.05) is 55.1 Å². The third kappa shape index (κ3) is 8.51. The number of para-hydroxylation sites is 1. The number of carbonyl (C=O) groups is 2. The first-order valence-electron chi connectivity index (χ1n) is 15.9. The van der Waals surface area contributed by atoms with Gasteiger partial charge in [-0.15, -0.1) is 0 Å². The molecule has 0 bridgehead atoms. The summed E-state index contributed by atoms with van der Waals surface area (Å²) in [4.78, 5) is 34.0. The fourth-order valence-corrected chi connectivity index (χ4v) is 6.54. The number of likely N-dealkylation sites (tertiary alicyclic amines) is 1. The second-order valence-electron chi connectivity index (χ2n) is 12.3. The highest BCUT2D eigenvalue weighted by Gasteiger charge is 2.32. The molecule has 14 heteroatoms. The summed E-state index contributed by atoms with van der Waals surface area (Å²) in [6.07, 6.45) is 4.46. The number of benzene rings is 3. The zero-order valence-electron chi connectivity index (χ0n) is 26.7. The summed E-state index contributed by atoms with van der Waals surface area (Å²) >= 11 is 0. The van der Waals surface area contributed by atoms with Gasteiger partial charge < -0.3 is 15.8 Å². The van der Waals surface area contributed by atoms with Crippen molar-refractivity contribution in [2.24, 2.45) is 5.73 Å². The Bertz CT molecular complexity index is 1950. The predicted octanol–water partition coefficient (Wildman–Crippen LogP) is 6.20. The molecule has 256 valence electrons. The number of sulfonamides is 1. The molecule has 0 unspecified atom stereocenters. The third-order valence-electron chi connectivity index (χ3n) is 8.46. The summed E-state index contributed by atoms with van der Waals surface area (Å²) < 4.78 is 60.1. The Morgan fingerprint density at radius 3 is 2.29 bits per heavy atom. The fraction of sp³-hybridized carbons (Fsp3) is 0.286. The van der Waals surface area contributed by atoms with Crippen molar-refractivity contribution in [3.8, 4) is 11.6 Å². The molecule has 2 fully saturated rings. The number of primary amides is 1. The molecular formula is C35H36F2N6O5S. The van der Waals surface area contributed by atoms with Gasteiger partial charge in [0.15, 0.2) is 0 Å². The van der Waals surface area contributed by atoms with Crippen molar-refractivity contribution in [1.82, 2.24) is 9.88 Å². The number of anilines is 3. The van der Waals surface area contributed by atoms with Crippen LogP contribution in [0.4, 0.5) is 30.6 Å². The Kier molecular flexibility index (Phi) is 9.79. The minimum Gasteiger partial charge on any atom is -0.439 e. The summed E-state index contributed by atoms with van der Waals surface area (Å²) in [7, 11) is -3.38. The van der Waals surface area contributed by atoms with E-state index >= 15 is 0 Å². The van der Waals surface area contributed by atoms with Crippen LogP contribution in [0.3, 0.4) is 0 Å². The Labute approximate surface area is 283 Å². The maximum Gasteiger partial charge on any atom is 0.326 e. The van der Waals surface area contributed by atoms with Crippen molar-refractivity contribution in [3.05, 3.63) is 107 Å². The largest absolute Gasteiger partial charge is 0.439 e. The van der Waals surface area contributed by atoms with E-state index in [1.54, 1.807) is 53.4 Å². The van der Waals surface area contributed by atoms with Gasteiger partial charge in [0.25, 0.3) is 5.91 Å². The van der Waals surface area contributed by atoms with E-state index in [0.717, 1.165) is 36.4 Å². The van der Waals surface area contributed by atoms with Crippen molar-refractivity contribution < 1.29 is 31.5 Å². The van der Waals surface area contributed by atoms with E-state index in [2.05, 4.69) is 14.9 Å². The molecule has 2 heterocycles. The molecule has 1 aliphatic heterocycles.